The van der Waals surface area contributed by atoms with E-state index in [9.17, 15) is 0 Å². The zero-order valence-electron chi connectivity index (χ0n) is 36.4. The zero-order chi connectivity index (χ0) is 43.9. The van der Waals surface area contributed by atoms with Crippen molar-refractivity contribution in [2.45, 2.75) is 20.8 Å². The first-order chi connectivity index (χ1) is 31.9. The van der Waals surface area contributed by atoms with Gasteiger partial charge in [-0.05, 0) is 136 Å². The summed E-state index contributed by atoms with van der Waals surface area (Å²) in [4.78, 5) is 25.4. The van der Waals surface area contributed by atoms with Crippen molar-refractivity contribution in [2.24, 2.45) is 0 Å². The minimum Gasteiger partial charge on any atom is -0.253 e. The second-order valence-corrected chi connectivity index (χ2v) is 16.7. The molecule has 0 amide bonds. The maximum Gasteiger partial charge on any atom is 0.164 e. The minimum atomic E-state index is 0.591. The molecule has 5 heteroatoms. The molecule has 3 heterocycles. The van der Waals surface area contributed by atoms with E-state index in [0.29, 0.717) is 17.5 Å². The molecule has 0 fully saturated rings. The van der Waals surface area contributed by atoms with Crippen molar-refractivity contribution in [3.05, 3.63) is 223 Å². The van der Waals surface area contributed by atoms with Gasteiger partial charge in [0.2, 0.25) is 0 Å². The van der Waals surface area contributed by atoms with E-state index < -0.39 is 0 Å². The van der Waals surface area contributed by atoms with Gasteiger partial charge >= 0.3 is 0 Å². The van der Waals surface area contributed by atoms with Crippen LogP contribution in [0.15, 0.2) is 206 Å². The number of benzene rings is 8. The third-order valence-electron chi connectivity index (χ3n) is 12.2. The Morgan fingerprint density at radius 3 is 1.48 bits per heavy atom. The number of hydrogen-bond donors (Lipinski definition) is 0. The predicted molar refractivity (Wildman–Crippen MR) is 268 cm³/mol. The fraction of sp³-hybridized carbons (Fsp3) is 0.0500. The van der Waals surface area contributed by atoms with Gasteiger partial charge in [-0.1, -0.05) is 152 Å². The number of rotatable bonds is 8. The largest absolute Gasteiger partial charge is 0.253 e. The van der Waals surface area contributed by atoms with Gasteiger partial charge in [-0.3, -0.25) is 9.97 Å². The lowest BCUT2D eigenvalue weighted by Crippen LogP contribution is -2.01. The monoisotopic (exact) mass is 833 g/mol. The third kappa shape index (κ3) is 7.85. The molecule has 0 spiro atoms. The molecular formula is C60H43N5. The number of hydrogen-bond acceptors (Lipinski definition) is 5. The number of aromatic nitrogens is 5. The first kappa shape index (κ1) is 39.4. The molecule has 0 atom stereocenters. The fourth-order valence-electron chi connectivity index (χ4n) is 8.90. The van der Waals surface area contributed by atoms with Crippen molar-refractivity contribution in [1.82, 2.24) is 24.9 Å². The van der Waals surface area contributed by atoms with Crippen LogP contribution in [0.5, 0.6) is 0 Å². The molecule has 11 rings (SSSR count). The molecule has 8 aromatic carbocycles. The summed E-state index contributed by atoms with van der Waals surface area (Å²) in [5, 5.41) is 4.81. The van der Waals surface area contributed by atoms with Gasteiger partial charge in [-0.25, -0.2) is 15.0 Å². The fourth-order valence-corrected chi connectivity index (χ4v) is 8.90. The molecule has 0 radical (unpaired) electrons. The lowest BCUT2D eigenvalue weighted by atomic mass is 9.90. The van der Waals surface area contributed by atoms with Crippen molar-refractivity contribution < 1.29 is 0 Å². The smallest absolute Gasteiger partial charge is 0.164 e. The summed E-state index contributed by atoms with van der Waals surface area (Å²) in [6.07, 6.45) is 0. The summed E-state index contributed by atoms with van der Waals surface area (Å²) in [7, 11) is 0. The Balaban J connectivity index is 1.11. The summed E-state index contributed by atoms with van der Waals surface area (Å²) < 4.78 is 0. The van der Waals surface area contributed by atoms with E-state index in [1.54, 1.807) is 0 Å². The third-order valence-corrected chi connectivity index (χ3v) is 12.2. The Kier molecular flexibility index (Phi) is 10.1. The van der Waals surface area contributed by atoms with Gasteiger partial charge in [-0.2, -0.15) is 0 Å². The summed E-state index contributed by atoms with van der Waals surface area (Å²) in [6, 6.07) is 72.7. The highest BCUT2D eigenvalue weighted by molar-refractivity contribution is 6.14. The SMILES string of the molecule is Cc1cccc(-c2ccc(-c3cc(-c4nc(-c5ccc(-c6ccccc6)cc5)nc(-c5ccc(-c6cccc(C)n6)c(C)c5)n4)cc(-c4cc5ccccc5c5ccccc45)c3)cc2)n1. The lowest BCUT2D eigenvalue weighted by molar-refractivity contribution is 1.07. The van der Waals surface area contributed by atoms with Crippen molar-refractivity contribution in [3.8, 4) is 90.1 Å². The Morgan fingerprint density at radius 2 is 0.769 bits per heavy atom. The predicted octanol–water partition coefficient (Wildman–Crippen LogP) is 15.2. The molecule has 0 saturated carbocycles. The molecule has 0 saturated heterocycles. The van der Waals surface area contributed by atoms with Crippen molar-refractivity contribution in [1.29, 1.82) is 0 Å². The summed E-state index contributed by atoms with van der Waals surface area (Å²) in [6.45, 7) is 6.17. The second-order valence-electron chi connectivity index (χ2n) is 16.7. The average Bonchev–Trinajstić information content (AvgIpc) is 3.36. The zero-order valence-corrected chi connectivity index (χ0v) is 36.4. The maximum absolute atomic E-state index is 5.32. The second kappa shape index (κ2) is 16.7. The highest BCUT2D eigenvalue weighted by Crippen LogP contribution is 2.40. The van der Waals surface area contributed by atoms with Crippen LogP contribution in [0.3, 0.4) is 0 Å². The van der Waals surface area contributed by atoms with E-state index >= 15 is 0 Å². The van der Waals surface area contributed by atoms with E-state index in [0.717, 1.165) is 89.5 Å². The molecule has 65 heavy (non-hydrogen) atoms. The highest BCUT2D eigenvalue weighted by atomic mass is 15.0. The van der Waals surface area contributed by atoms with Gasteiger partial charge < -0.3 is 0 Å². The topological polar surface area (TPSA) is 64.5 Å². The van der Waals surface area contributed by atoms with Crippen LogP contribution < -0.4 is 0 Å². The summed E-state index contributed by atoms with van der Waals surface area (Å²) >= 11 is 0. The molecular weight excluding hydrogens is 791 g/mol. The van der Waals surface area contributed by atoms with Gasteiger partial charge in [0, 0.05) is 39.2 Å². The van der Waals surface area contributed by atoms with Gasteiger partial charge in [0.1, 0.15) is 0 Å². The maximum atomic E-state index is 5.32. The molecule has 3 aromatic heterocycles. The minimum absolute atomic E-state index is 0.591. The van der Waals surface area contributed by atoms with Crippen LogP contribution in [0, 0.1) is 20.8 Å². The molecule has 308 valence electrons. The highest BCUT2D eigenvalue weighted by Gasteiger charge is 2.18. The van der Waals surface area contributed by atoms with Gasteiger partial charge in [0.25, 0.3) is 0 Å². The van der Waals surface area contributed by atoms with Crippen LogP contribution in [0.2, 0.25) is 0 Å². The van der Waals surface area contributed by atoms with Crippen LogP contribution in [0.25, 0.3) is 112 Å². The van der Waals surface area contributed by atoms with Crippen molar-refractivity contribution >= 4 is 21.5 Å². The number of fused-ring (bicyclic) bond motifs is 3. The quantitative estimate of drug-likeness (QED) is 0.143. The first-order valence-corrected chi connectivity index (χ1v) is 22.0. The molecule has 0 N–H and O–H groups in total. The average molecular weight is 834 g/mol. The van der Waals surface area contributed by atoms with E-state index in [2.05, 4.69) is 195 Å². The summed E-state index contributed by atoms with van der Waals surface area (Å²) in [5.41, 5.74) is 16.4. The van der Waals surface area contributed by atoms with Crippen molar-refractivity contribution in [2.75, 3.05) is 0 Å². The van der Waals surface area contributed by atoms with Gasteiger partial charge in [0.15, 0.2) is 17.5 Å². The molecule has 0 bridgehead atoms. The molecule has 0 aliphatic rings. The van der Waals surface area contributed by atoms with E-state index in [1.807, 2.05) is 32.0 Å². The van der Waals surface area contributed by atoms with E-state index in [4.69, 9.17) is 24.9 Å². The Morgan fingerprint density at radius 1 is 0.262 bits per heavy atom. The van der Waals surface area contributed by atoms with Crippen LogP contribution >= 0.6 is 0 Å². The van der Waals surface area contributed by atoms with Crippen LogP contribution in [-0.2, 0) is 0 Å². The number of nitrogens with zero attached hydrogens (tertiary/aromatic N) is 5. The molecule has 5 nitrogen and oxygen atoms in total. The summed E-state index contributed by atoms with van der Waals surface area (Å²) in [5.74, 6) is 1.79. The Labute approximate surface area is 378 Å². The standard InChI is InChI=1S/C60H43N5/c1-38-33-47(31-32-51(38)57-22-12-14-40(3)62-57)59-63-58(45-29-25-42(26-30-45)41-15-5-4-6-16-41)64-60(65-59)50-35-48(43-23-27-44(28-24-43)56-21-11-13-39(2)61-56)34-49(36-50)55-37-46-17-7-8-18-52(46)53-19-9-10-20-54(53)55/h4-37H,1-3H3. The molecule has 0 unspecified atom stereocenters. The molecule has 0 aliphatic carbocycles. The van der Waals surface area contributed by atoms with Crippen LogP contribution in [-0.4, -0.2) is 24.9 Å². The van der Waals surface area contributed by atoms with Crippen LogP contribution in [0.4, 0.5) is 0 Å². The van der Waals surface area contributed by atoms with E-state index in [-0.39, 0.29) is 0 Å². The Bertz CT molecular complexity index is 3560. The van der Waals surface area contributed by atoms with E-state index in [1.165, 1.54) is 21.5 Å². The van der Waals surface area contributed by atoms with Crippen LogP contribution in [0.1, 0.15) is 17.0 Å². The molecule has 11 aromatic rings. The molecule has 0 aliphatic heterocycles. The normalized spacial score (nSPS) is 11.3. The first-order valence-electron chi connectivity index (χ1n) is 22.0. The lowest BCUT2D eigenvalue weighted by Gasteiger charge is -2.15. The van der Waals surface area contributed by atoms with Gasteiger partial charge in [-0.15, -0.1) is 0 Å². The number of pyridine rings is 2. The Hall–Kier alpha value is -8.41. The van der Waals surface area contributed by atoms with Gasteiger partial charge in [0.05, 0.1) is 11.4 Å². The van der Waals surface area contributed by atoms with Crippen molar-refractivity contribution in [3.63, 3.8) is 0 Å². The number of aryl methyl sites for hydroxylation is 3.